The Labute approximate surface area is 95.0 Å². The number of carbonyl (C=O) groups is 1. The quantitative estimate of drug-likeness (QED) is 0.717. The average Bonchev–Trinajstić information content (AvgIpc) is 2.95. The highest BCUT2D eigenvalue weighted by Crippen LogP contribution is 2.39. The highest BCUT2D eigenvalue weighted by molar-refractivity contribution is 5.68. The van der Waals surface area contributed by atoms with Gasteiger partial charge in [0.15, 0.2) is 0 Å². The molecule has 2 N–H and O–H groups in total. The average molecular weight is 229 g/mol. The van der Waals surface area contributed by atoms with Gasteiger partial charge < -0.3 is 19.8 Å². The van der Waals surface area contributed by atoms with Gasteiger partial charge in [-0.15, -0.1) is 0 Å². The normalized spacial score (nSPS) is 32.3. The molecule has 0 aromatic heterocycles. The zero-order valence-electron chi connectivity index (χ0n) is 9.56. The number of aliphatic hydroxyl groups excluding tert-OH is 2. The lowest BCUT2D eigenvalue weighted by Gasteiger charge is -2.35. The summed E-state index contributed by atoms with van der Waals surface area (Å²) in [4.78, 5) is 13.3. The van der Waals surface area contributed by atoms with Crippen LogP contribution in [0.15, 0.2) is 0 Å². The molecule has 5 nitrogen and oxygen atoms in total. The van der Waals surface area contributed by atoms with E-state index in [1.54, 1.807) is 0 Å². The molecule has 2 atom stereocenters. The van der Waals surface area contributed by atoms with E-state index in [2.05, 4.69) is 0 Å². The van der Waals surface area contributed by atoms with Crippen molar-refractivity contribution in [3.8, 4) is 0 Å². The molecule has 0 spiro atoms. The van der Waals surface area contributed by atoms with Gasteiger partial charge >= 0.3 is 6.09 Å². The van der Waals surface area contributed by atoms with Crippen molar-refractivity contribution in [3.63, 3.8) is 0 Å². The fourth-order valence-corrected chi connectivity index (χ4v) is 1.91. The first kappa shape index (κ1) is 11.7. The van der Waals surface area contributed by atoms with Gasteiger partial charge in [-0.1, -0.05) is 0 Å². The van der Waals surface area contributed by atoms with Crippen molar-refractivity contribution in [1.82, 2.24) is 4.90 Å². The van der Waals surface area contributed by atoms with E-state index in [-0.39, 0.29) is 30.8 Å². The minimum absolute atomic E-state index is 0.0260. The molecular formula is C11H19NO4. The zero-order valence-corrected chi connectivity index (χ0v) is 9.56. The number of likely N-dealkylation sites (tertiary alicyclic amines) is 1. The van der Waals surface area contributed by atoms with E-state index >= 15 is 0 Å². The van der Waals surface area contributed by atoms with E-state index in [0.29, 0.717) is 13.0 Å². The Kier molecular flexibility index (Phi) is 3.08. The van der Waals surface area contributed by atoms with Crippen molar-refractivity contribution in [1.29, 1.82) is 0 Å². The van der Waals surface area contributed by atoms with E-state index in [9.17, 15) is 9.90 Å². The van der Waals surface area contributed by atoms with Crippen LogP contribution in [-0.2, 0) is 4.74 Å². The smallest absolute Gasteiger partial charge is 0.410 e. The minimum atomic E-state index is -0.640. The van der Waals surface area contributed by atoms with Gasteiger partial charge in [0.05, 0.1) is 12.6 Å². The van der Waals surface area contributed by atoms with Gasteiger partial charge in [0, 0.05) is 19.1 Å². The van der Waals surface area contributed by atoms with Crippen LogP contribution in [0.5, 0.6) is 0 Å². The molecule has 0 aromatic rings. The minimum Gasteiger partial charge on any atom is -0.443 e. The molecule has 2 rings (SSSR count). The Morgan fingerprint density at radius 2 is 2.25 bits per heavy atom. The maximum atomic E-state index is 11.7. The van der Waals surface area contributed by atoms with E-state index in [0.717, 1.165) is 12.8 Å². The summed E-state index contributed by atoms with van der Waals surface area (Å²) in [6.07, 6.45) is 1.50. The van der Waals surface area contributed by atoms with Gasteiger partial charge in [-0.25, -0.2) is 4.79 Å². The summed E-state index contributed by atoms with van der Waals surface area (Å²) in [5.41, 5.74) is -0.268. The first-order valence-electron chi connectivity index (χ1n) is 5.81. The molecule has 92 valence electrons. The van der Waals surface area contributed by atoms with Crippen molar-refractivity contribution in [2.75, 3.05) is 19.7 Å². The van der Waals surface area contributed by atoms with Gasteiger partial charge in [0.25, 0.3) is 0 Å². The predicted octanol–water partition coefficient (Wildman–Crippen LogP) is 0.351. The van der Waals surface area contributed by atoms with Gasteiger partial charge in [-0.05, 0) is 26.2 Å². The third-order valence-corrected chi connectivity index (χ3v) is 3.50. The standard InChI is InChI=1S/C11H19NO4/c1-11(3-4-11)16-10(15)12-5-2-8(7-13)9(14)6-12/h8-9,13-14H,2-7H2,1H3/t8-,9-/m0/s1. The molecule has 0 unspecified atom stereocenters. The lowest BCUT2D eigenvalue weighted by molar-refractivity contribution is -0.0131. The van der Waals surface area contributed by atoms with Crippen molar-refractivity contribution in [2.24, 2.45) is 5.92 Å². The lowest BCUT2D eigenvalue weighted by atomic mass is 9.95. The molecule has 2 aliphatic rings. The van der Waals surface area contributed by atoms with Crippen LogP contribution in [0.4, 0.5) is 4.79 Å². The Morgan fingerprint density at radius 1 is 1.56 bits per heavy atom. The first-order chi connectivity index (χ1) is 7.54. The largest absolute Gasteiger partial charge is 0.443 e. The molecule has 1 saturated heterocycles. The van der Waals surface area contributed by atoms with Crippen LogP contribution in [0, 0.1) is 5.92 Å². The summed E-state index contributed by atoms with van der Waals surface area (Å²) < 4.78 is 5.32. The van der Waals surface area contributed by atoms with Crippen LogP contribution in [0.1, 0.15) is 26.2 Å². The summed E-state index contributed by atoms with van der Waals surface area (Å²) in [6, 6.07) is 0. The number of amides is 1. The molecule has 16 heavy (non-hydrogen) atoms. The summed E-state index contributed by atoms with van der Waals surface area (Å²) in [5, 5.41) is 18.7. The number of hydrogen-bond acceptors (Lipinski definition) is 4. The molecule has 1 saturated carbocycles. The van der Waals surface area contributed by atoms with Crippen molar-refractivity contribution in [3.05, 3.63) is 0 Å². The van der Waals surface area contributed by atoms with Crippen LogP contribution in [0.25, 0.3) is 0 Å². The molecule has 0 radical (unpaired) electrons. The van der Waals surface area contributed by atoms with Crippen molar-refractivity contribution < 1.29 is 19.7 Å². The number of nitrogens with zero attached hydrogens (tertiary/aromatic N) is 1. The fraction of sp³-hybridized carbons (Fsp3) is 0.909. The number of ether oxygens (including phenoxy) is 1. The Hall–Kier alpha value is -0.810. The van der Waals surface area contributed by atoms with Crippen molar-refractivity contribution >= 4 is 6.09 Å². The second-order valence-electron chi connectivity index (χ2n) is 5.06. The highest BCUT2D eigenvalue weighted by atomic mass is 16.6. The number of rotatable bonds is 2. The van der Waals surface area contributed by atoms with Gasteiger partial charge in [0.1, 0.15) is 5.60 Å². The second-order valence-corrected chi connectivity index (χ2v) is 5.06. The van der Waals surface area contributed by atoms with Gasteiger partial charge in [-0.2, -0.15) is 0 Å². The van der Waals surface area contributed by atoms with Crippen LogP contribution in [0.3, 0.4) is 0 Å². The monoisotopic (exact) mass is 229 g/mol. The molecule has 1 heterocycles. The van der Waals surface area contributed by atoms with Crippen molar-refractivity contribution in [2.45, 2.75) is 37.9 Å². The van der Waals surface area contributed by atoms with Gasteiger partial charge in [-0.3, -0.25) is 0 Å². The summed E-state index contributed by atoms with van der Waals surface area (Å²) >= 11 is 0. The van der Waals surface area contributed by atoms with Crippen LogP contribution >= 0.6 is 0 Å². The number of aliphatic hydroxyl groups is 2. The number of hydrogen-bond donors (Lipinski definition) is 2. The maximum absolute atomic E-state index is 11.7. The molecule has 0 aromatic carbocycles. The predicted molar refractivity (Wildman–Crippen MR) is 56.9 cm³/mol. The molecule has 1 amide bonds. The topological polar surface area (TPSA) is 70.0 Å². The van der Waals surface area contributed by atoms with Crippen LogP contribution < -0.4 is 0 Å². The maximum Gasteiger partial charge on any atom is 0.410 e. The van der Waals surface area contributed by atoms with Crippen LogP contribution in [0.2, 0.25) is 0 Å². The van der Waals surface area contributed by atoms with Crippen LogP contribution in [-0.4, -0.2) is 52.6 Å². The van der Waals surface area contributed by atoms with E-state index in [1.807, 2.05) is 6.92 Å². The lowest BCUT2D eigenvalue weighted by Crippen LogP contribution is -2.48. The fourth-order valence-electron chi connectivity index (χ4n) is 1.91. The Morgan fingerprint density at radius 3 is 2.75 bits per heavy atom. The first-order valence-corrected chi connectivity index (χ1v) is 5.81. The highest BCUT2D eigenvalue weighted by Gasteiger charge is 2.43. The van der Waals surface area contributed by atoms with E-state index in [4.69, 9.17) is 9.84 Å². The SMILES string of the molecule is CC1(OC(=O)N2CC[C@@H](CO)[C@@H](O)C2)CC1. The zero-order chi connectivity index (χ0) is 11.8. The second kappa shape index (κ2) is 4.22. The number of carbonyl (C=O) groups excluding carboxylic acids is 1. The summed E-state index contributed by atoms with van der Waals surface area (Å²) in [6.45, 7) is 2.71. The molecule has 2 fully saturated rings. The summed E-state index contributed by atoms with van der Waals surface area (Å²) in [7, 11) is 0. The third-order valence-electron chi connectivity index (χ3n) is 3.50. The molecule has 0 bridgehead atoms. The Balaban J connectivity index is 1.84. The number of piperidine rings is 1. The molecule has 1 aliphatic carbocycles. The van der Waals surface area contributed by atoms with E-state index in [1.165, 1.54) is 4.90 Å². The molecular weight excluding hydrogens is 210 g/mol. The summed E-state index contributed by atoms with van der Waals surface area (Å²) in [5.74, 6) is -0.111. The Bertz CT molecular complexity index is 277. The molecule has 5 heteroatoms. The number of β-amino-alcohol motifs (C(OH)–C–C–N with tert-alkyl or cyclic N) is 1. The molecule has 1 aliphatic heterocycles. The van der Waals surface area contributed by atoms with Gasteiger partial charge in [0.2, 0.25) is 0 Å². The third kappa shape index (κ3) is 2.47. The van der Waals surface area contributed by atoms with E-state index < -0.39 is 6.10 Å².